The van der Waals surface area contributed by atoms with Crippen LogP contribution in [0.15, 0.2) is 42.5 Å². The molecule has 208 valence electrons. The number of rotatable bonds is 5. The molecule has 38 heavy (non-hydrogen) atoms. The summed E-state index contributed by atoms with van der Waals surface area (Å²) in [5.74, 6) is -2.08. The van der Waals surface area contributed by atoms with E-state index in [9.17, 15) is 27.9 Å². The highest BCUT2D eigenvalue weighted by Crippen LogP contribution is 2.45. The van der Waals surface area contributed by atoms with Gasteiger partial charge in [0.05, 0.1) is 6.10 Å². The summed E-state index contributed by atoms with van der Waals surface area (Å²) < 4.78 is 27.6. The highest BCUT2D eigenvalue weighted by molar-refractivity contribution is 7.87. The van der Waals surface area contributed by atoms with Gasteiger partial charge in [0, 0.05) is 38.7 Å². The van der Waals surface area contributed by atoms with Gasteiger partial charge in [-0.25, -0.2) is 4.72 Å². The minimum absolute atomic E-state index is 0.00141. The molecule has 1 aromatic rings. The highest BCUT2D eigenvalue weighted by Gasteiger charge is 2.61. The first-order valence-corrected chi connectivity index (χ1v) is 14.5. The minimum Gasteiger partial charge on any atom is -0.391 e. The minimum atomic E-state index is -4.07. The van der Waals surface area contributed by atoms with Crippen molar-refractivity contribution in [2.24, 2.45) is 5.92 Å². The second kappa shape index (κ2) is 11.4. The predicted octanol–water partition coefficient (Wildman–Crippen LogP) is 0.747. The molecule has 2 fully saturated rings. The first kappa shape index (κ1) is 28.1. The summed E-state index contributed by atoms with van der Waals surface area (Å²) in [6.07, 6.45) is 7.12. The number of carbonyl (C=O) groups is 3. The molecule has 5 atom stereocenters. The van der Waals surface area contributed by atoms with Crippen molar-refractivity contribution in [3.05, 3.63) is 42.5 Å². The SMILES string of the molecule is CN(C)S(=O)(=O)NC(=O)C12CC1C=CCCCCCC(Nc1ccccc1)C(=O)N1CC(O)CC1C(=O)N2. The van der Waals surface area contributed by atoms with E-state index in [4.69, 9.17) is 0 Å². The molecule has 4 N–H and O–H groups in total. The Kier molecular flexibility index (Phi) is 8.43. The van der Waals surface area contributed by atoms with Crippen LogP contribution in [0, 0.1) is 5.92 Å². The van der Waals surface area contributed by atoms with E-state index in [2.05, 4.69) is 15.4 Å². The van der Waals surface area contributed by atoms with Crippen molar-refractivity contribution in [2.75, 3.05) is 26.0 Å². The smallest absolute Gasteiger partial charge is 0.303 e. The van der Waals surface area contributed by atoms with E-state index in [1.807, 2.05) is 42.5 Å². The second-order valence-corrected chi connectivity index (χ2v) is 12.4. The molecule has 0 spiro atoms. The molecule has 2 aliphatic heterocycles. The number of nitrogens with one attached hydrogen (secondary N) is 3. The quantitative estimate of drug-likeness (QED) is 0.398. The fraction of sp³-hybridized carbons (Fsp3) is 0.577. The van der Waals surface area contributed by atoms with Crippen LogP contribution in [0.25, 0.3) is 0 Å². The van der Waals surface area contributed by atoms with Crippen molar-refractivity contribution >= 4 is 33.6 Å². The summed E-state index contributed by atoms with van der Waals surface area (Å²) in [5.41, 5.74) is -0.660. The number of benzene rings is 1. The molecule has 3 aliphatic rings. The van der Waals surface area contributed by atoms with E-state index in [0.717, 1.165) is 35.7 Å². The van der Waals surface area contributed by atoms with Crippen LogP contribution in [0.3, 0.4) is 0 Å². The Morgan fingerprint density at radius 2 is 1.89 bits per heavy atom. The van der Waals surface area contributed by atoms with E-state index in [0.29, 0.717) is 6.42 Å². The van der Waals surface area contributed by atoms with E-state index < -0.39 is 45.8 Å². The summed E-state index contributed by atoms with van der Waals surface area (Å²) in [6.45, 7) is 0.00141. The third-order valence-electron chi connectivity index (χ3n) is 7.48. The van der Waals surface area contributed by atoms with Crippen LogP contribution in [0.1, 0.15) is 44.9 Å². The van der Waals surface area contributed by atoms with Gasteiger partial charge in [-0.2, -0.15) is 12.7 Å². The molecule has 1 saturated carbocycles. The van der Waals surface area contributed by atoms with E-state index in [1.165, 1.54) is 19.0 Å². The molecule has 1 aromatic carbocycles. The zero-order valence-electron chi connectivity index (χ0n) is 21.8. The highest BCUT2D eigenvalue weighted by atomic mass is 32.2. The Balaban J connectivity index is 1.60. The molecule has 4 rings (SSSR count). The van der Waals surface area contributed by atoms with Crippen molar-refractivity contribution < 1.29 is 27.9 Å². The third-order valence-corrected chi connectivity index (χ3v) is 8.88. The van der Waals surface area contributed by atoms with Gasteiger partial charge in [-0.1, -0.05) is 43.2 Å². The second-order valence-electron chi connectivity index (χ2n) is 10.5. The average molecular weight is 548 g/mol. The third kappa shape index (κ3) is 6.19. The molecule has 1 aliphatic carbocycles. The van der Waals surface area contributed by atoms with Crippen LogP contribution in [0.4, 0.5) is 5.69 Å². The van der Waals surface area contributed by atoms with Gasteiger partial charge in [-0.15, -0.1) is 0 Å². The lowest BCUT2D eigenvalue weighted by molar-refractivity contribution is -0.140. The summed E-state index contributed by atoms with van der Waals surface area (Å²) >= 11 is 0. The number of para-hydroxylation sites is 1. The number of hydrogen-bond donors (Lipinski definition) is 4. The van der Waals surface area contributed by atoms with Gasteiger partial charge >= 0.3 is 10.2 Å². The van der Waals surface area contributed by atoms with Crippen LogP contribution < -0.4 is 15.4 Å². The number of hydrogen-bond acceptors (Lipinski definition) is 7. The van der Waals surface area contributed by atoms with Crippen LogP contribution in [0.2, 0.25) is 0 Å². The summed E-state index contributed by atoms with van der Waals surface area (Å²) in [7, 11) is -1.47. The maximum Gasteiger partial charge on any atom is 0.303 e. The normalized spacial score (nSPS) is 30.5. The van der Waals surface area contributed by atoms with Crippen LogP contribution in [-0.4, -0.2) is 84.8 Å². The van der Waals surface area contributed by atoms with E-state index >= 15 is 0 Å². The van der Waals surface area contributed by atoms with Gasteiger partial charge in [0.1, 0.15) is 17.6 Å². The van der Waals surface area contributed by atoms with Gasteiger partial charge < -0.3 is 20.6 Å². The zero-order valence-corrected chi connectivity index (χ0v) is 22.6. The van der Waals surface area contributed by atoms with E-state index in [-0.39, 0.29) is 31.2 Å². The molecule has 0 radical (unpaired) electrons. The van der Waals surface area contributed by atoms with Gasteiger partial charge in [0.2, 0.25) is 11.8 Å². The standard InChI is InChI=1S/C26H37N5O6S/c1-30(2)38(36,37)29-25(35)26-16-18(26)11-7-4-3-5-10-14-21(27-19-12-8-6-9-13-19)24(34)31-17-20(32)15-22(31)23(33)28-26/h6-9,11-13,18,20-22,27,32H,3-5,10,14-17H2,1-2H3,(H,28,33)(H,29,35). The molecule has 3 amide bonds. The molecule has 12 heteroatoms. The van der Waals surface area contributed by atoms with Gasteiger partial charge in [0.15, 0.2) is 0 Å². The molecule has 1 saturated heterocycles. The maximum absolute atomic E-state index is 13.7. The lowest BCUT2D eigenvalue weighted by Gasteiger charge is -2.30. The number of carbonyl (C=O) groups excluding carboxylic acids is 3. The number of fused-ring (bicyclic) bond motifs is 2. The monoisotopic (exact) mass is 547 g/mol. The maximum atomic E-state index is 13.7. The number of amides is 3. The molecule has 11 nitrogen and oxygen atoms in total. The lowest BCUT2D eigenvalue weighted by atomic mass is 10.0. The molecule has 0 bridgehead atoms. The zero-order chi connectivity index (χ0) is 27.5. The number of nitrogens with zero attached hydrogens (tertiary/aromatic N) is 2. The lowest BCUT2D eigenvalue weighted by Crippen LogP contribution is -2.58. The van der Waals surface area contributed by atoms with Crippen molar-refractivity contribution in [3.8, 4) is 0 Å². The summed E-state index contributed by atoms with van der Waals surface area (Å²) in [5, 5.41) is 16.5. The van der Waals surface area contributed by atoms with Crippen molar-refractivity contribution in [1.82, 2.24) is 19.2 Å². The molecular weight excluding hydrogens is 510 g/mol. The number of aliphatic hydroxyl groups excluding tert-OH is 1. The molecular formula is C26H37N5O6S. The topological polar surface area (TPSA) is 148 Å². The Hall–Kier alpha value is -2.96. The molecule has 2 heterocycles. The van der Waals surface area contributed by atoms with Crippen molar-refractivity contribution in [2.45, 2.75) is 68.7 Å². The Morgan fingerprint density at radius 3 is 2.61 bits per heavy atom. The fourth-order valence-corrected chi connectivity index (χ4v) is 5.73. The van der Waals surface area contributed by atoms with Gasteiger partial charge in [-0.3, -0.25) is 14.4 Å². The predicted molar refractivity (Wildman–Crippen MR) is 142 cm³/mol. The van der Waals surface area contributed by atoms with Crippen LogP contribution in [0.5, 0.6) is 0 Å². The Labute approximate surface area is 223 Å². The Bertz CT molecular complexity index is 1170. The van der Waals surface area contributed by atoms with Crippen LogP contribution >= 0.6 is 0 Å². The van der Waals surface area contributed by atoms with Gasteiger partial charge in [0.25, 0.3) is 5.91 Å². The molecule has 5 unspecified atom stereocenters. The first-order valence-electron chi connectivity index (χ1n) is 13.1. The fourth-order valence-electron chi connectivity index (χ4n) is 5.13. The average Bonchev–Trinajstić information content (AvgIpc) is 3.42. The van der Waals surface area contributed by atoms with Crippen molar-refractivity contribution in [1.29, 1.82) is 0 Å². The number of aliphatic hydroxyl groups is 1. The Morgan fingerprint density at radius 1 is 1.16 bits per heavy atom. The van der Waals surface area contributed by atoms with E-state index in [1.54, 1.807) is 0 Å². The van der Waals surface area contributed by atoms with Crippen molar-refractivity contribution in [3.63, 3.8) is 0 Å². The first-order chi connectivity index (χ1) is 18.0. The summed E-state index contributed by atoms with van der Waals surface area (Å²) in [4.78, 5) is 41.8. The van der Waals surface area contributed by atoms with Gasteiger partial charge in [-0.05, 0) is 37.8 Å². The number of allylic oxidation sites excluding steroid dienone is 1. The van der Waals surface area contributed by atoms with Crippen LogP contribution in [-0.2, 0) is 24.6 Å². The number of anilines is 1. The largest absolute Gasteiger partial charge is 0.391 e. The summed E-state index contributed by atoms with van der Waals surface area (Å²) in [6, 6.07) is 7.79. The molecule has 0 aromatic heterocycles.